The van der Waals surface area contributed by atoms with E-state index in [-0.39, 0.29) is 21.7 Å². The van der Waals surface area contributed by atoms with Crippen LogP contribution >= 0.6 is 0 Å². The maximum Gasteiger partial charge on any atom is 0.0701 e. The molecule has 0 N–H and O–H groups in total. The molecule has 0 amide bonds. The van der Waals surface area contributed by atoms with Crippen molar-refractivity contribution in [3.63, 3.8) is 0 Å². The predicted octanol–water partition coefficient (Wildman–Crippen LogP) is 18.3. The summed E-state index contributed by atoms with van der Waals surface area (Å²) in [5.74, 6) is 0. The first-order valence-electron chi connectivity index (χ1n) is 24.1. The fourth-order valence-electron chi connectivity index (χ4n) is 9.46. The van der Waals surface area contributed by atoms with E-state index in [0.717, 1.165) is 6.42 Å². The summed E-state index contributed by atoms with van der Waals surface area (Å²) in [6.07, 6.45) is 1.10. The summed E-state index contributed by atoms with van der Waals surface area (Å²) in [5, 5.41) is 0. The van der Waals surface area contributed by atoms with E-state index in [9.17, 15) is 0 Å². The Labute approximate surface area is 397 Å². The van der Waals surface area contributed by atoms with E-state index in [4.69, 9.17) is 0 Å². The van der Waals surface area contributed by atoms with Crippen molar-refractivity contribution in [3.8, 4) is 44.5 Å². The molecule has 0 unspecified atom stereocenters. The minimum absolute atomic E-state index is 0.101. The lowest BCUT2D eigenvalue weighted by Crippen LogP contribution is -2.31. The van der Waals surface area contributed by atoms with Crippen LogP contribution in [0.5, 0.6) is 0 Å². The zero-order chi connectivity index (χ0) is 47.1. The van der Waals surface area contributed by atoms with Crippen LogP contribution in [0.3, 0.4) is 0 Å². The maximum absolute atomic E-state index is 2.37. The molecule has 0 atom stereocenters. The van der Waals surface area contributed by atoms with Crippen LogP contribution in [-0.4, -0.2) is 0 Å². The normalized spacial score (nSPS) is 12.6. The summed E-state index contributed by atoms with van der Waals surface area (Å²) in [6.45, 7) is 27.4. The second kappa shape index (κ2) is 17.9. The number of hydrogen-bond donors (Lipinski definition) is 0. The highest BCUT2D eigenvalue weighted by Crippen LogP contribution is 2.47. The largest absolute Gasteiger partial charge is 0.0701 e. The van der Waals surface area contributed by atoms with Crippen LogP contribution in [0.25, 0.3) is 44.5 Å². The molecule has 0 spiro atoms. The van der Waals surface area contributed by atoms with Crippen molar-refractivity contribution in [2.75, 3.05) is 0 Å². The van der Waals surface area contributed by atoms with E-state index in [1.165, 1.54) is 89.0 Å². The zero-order valence-corrected chi connectivity index (χ0v) is 41.7. The van der Waals surface area contributed by atoms with Crippen LogP contribution in [0, 0.1) is 0 Å². The summed E-state index contributed by atoms with van der Waals surface area (Å²) in [5.41, 5.74) is 19.8. The number of rotatable bonds is 10. The maximum atomic E-state index is 2.37. The van der Waals surface area contributed by atoms with Gasteiger partial charge in [-0.1, -0.05) is 277 Å². The first-order chi connectivity index (χ1) is 31.3. The molecule has 0 saturated heterocycles. The number of benzene rings is 8. The quantitative estimate of drug-likeness (QED) is 0.120. The molecule has 0 bridgehead atoms. The third kappa shape index (κ3) is 9.39. The topological polar surface area (TPSA) is 0 Å². The first-order valence-corrected chi connectivity index (χ1v) is 24.1. The van der Waals surface area contributed by atoms with Gasteiger partial charge in [0.1, 0.15) is 0 Å². The van der Waals surface area contributed by atoms with Gasteiger partial charge >= 0.3 is 0 Å². The van der Waals surface area contributed by atoms with Crippen LogP contribution in [-0.2, 0) is 27.1 Å². The monoisotopic (exact) mass is 863 g/mol. The standard InChI is InChI=1S/C66H70/c1-13-65(11,12)57-36-20-49(21-37-57)53-28-44-61(45-29-53)66(58-38-22-50(23-39-58)46-14-30-54(31-15-46)62(2,3)4,59-40-24-51(25-41-59)47-16-32-55(33-17-47)63(5,6)7)60-42-26-52(27-43-60)48-18-34-56(35-19-48)64(8,9)10/h14-45H,13H2,1-12H3. The molecular weight excluding hydrogens is 793 g/mol. The molecule has 0 saturated carbocycles. The Kier molecular flexibility index (Phi) is 12.5. The molecule has 0 aliphatic rings. The van der Waals surface area contributed by atoms with Crippen LogP contribution in [0.1, 0.15) is 134 Å². The molecule has 0 aromatic heterocycles. The van der Waals surface area contributed by atoms with Crippen molar-refractivity contribution in [1.82, 2.24) is 0 Å². The van der Waals surface area contributed by atoms with Gasteiger partial charge in [-0.25, -0.2) is 0 Å². The lowest BCUT2D eigenvalue weighted by atomic mass is 9.64. The number of hydrogen-bond acceptors (Lipinski definition) is 0. The van der Waals surface area contributed by atoms with Gasteiger partial charge in [0, 0.05) is 0 Å². The van der Waals surface area contributed by atoms with Gasteiger partial charge in [0.15, 0.2) is 0 Å². The second-order valence-corrected chi connectivity index (χ2v) is 22.4. The van der Waals surface area contributed by atoms with Crippen LogP contribution < -0.4 is 0 Å². The Hall–Kier alpha value is -6.24. The fraction of sp³-hybridized carbons (Fsp3) is 0.273. The fourth-order valence-corrected chi connectivity index (χ4v) is 9.46. The van der Waals surface area contributed by atoms with E-state index < -0.39 is 5.41 Å². The van der Waals surface area contributed by atoms with Gasteiger partial charge in [-0.3, -0.25) is 0 Å². The summed E-state index contributed by atoms with van der Waals surface area (Å²) >= 11 is 0. The van der Waals surface area contributed by atoms with E-state index in [1.54, 1.807) is 0 Å². The highest BCUT2D eigenvalue weighted by atomic mass is 14.4. The molecule has 0 heterocycles. The Morgan fingerprint density at radius 3 is 0.515 bits per heavy atom. The summed E-state index contributed by atoms with van der Waals surface area (Å²) in [7, 11) is 0. The van der Waals surface area contributed by atoms with Gasteiger partial charge in [0.05, 0.1) is 5.41 Å². The lowest BCUT2D eigenvalue weighted by molar-refractivity contribution is 0.506. The molecule has 0 nitrogen and oxygen atoms in total. The third-order valence-corrected chi connectivity index (χ3v) is 14.4. The van der Waals surface area contributed by atoms with Crippen molar-refractivity contribution < 1.29 is 0 Å². The summed E-state index contributed by atoms with van der Waals surface area (Å²) in [6, 6.07) is 74.1. The molecule has 0 heteroatoms. The Bertz CT molecular complexity index is 2600. The van der Waals surface area contributed by atoms with Crippen molar-refractivity contribution in [2.45, 2.75) is 117 Å². The van der Waals surface area contributed by atoms with Crippen molar-refractivity contribution in [1.29, 1.82) is 0 Å². The van der Waals surface area contributed by atoms with Crippen molar-refractivity contribution >= 4 is 0 Å². The molecule has 0 radical (unpaired) electrons. The van der Waals surface area contributed by atoms with E-state index in [1.807, 2.05) is 0 Å². The molecule has 8 rings (SSSR count). The average molecular weight is 863 g/mol. The highest BCUT2D eigenvalue weighted by molar-refractivity contribution is 5.73. The van der Waals surface area contributed by atoms with Crippen LogP contribution in [0.15, 0.2) is 194 Å². The predicted molar refractivity (Wildman–Crippen MR) is 286 cm³/mol. The van der Waals surface area contributed by atoms with E-state index in [0.29, 0.717) is 0 Å². The highest BCUT2D eigenvalue weighted by Gasteiger charge is 2.39. The minimum Gasteiger partial charge on any atom is -0.0646 e. The Balaban J connectivity index is 1.30. The Morgan fingerprint density at radius 2 is 0.364 bits per heavy atom. The molecule has 66 heavy (non-hydrogen) atoms. The van der Waals surface area contributed by atoms with Gasteiger partial charge in [0.2, 0.25) is 0 Å². The van der Waals surface area contributed by atoms with Gasteiger partial charge in [-0.15, -0.1) is 0 Å². The van der Waals surface area contributed by atoms with Gasteiger partial charge in [0.25, 0.3) is 0 Å². The molecule has 0 fully saturated rings. The SMILES string of the molecule is CCC(C)(C)c1ccc(-c2ccc(C(c3ccc(-c4ccc(C(C)(C)C)cc4)cc3)(c3ccc(-c4ccc(C(C)(C)C)cc4)cc3)c3ccc(-c4ccc(C(C)(C)C)cc4)cc3)cc2)cc1. The van der Waals surface area contributed by atoms with Crippen molar-refractivity contribution in [3.05, 3.63) is 239 Å². The van der Waals surface area contributed by atoms with Gasteiger partial charge in [-0.05, 0) is 117 Å². The summed E-state index contributed by atoms with van der Waals surface area (Å²) in [4.78, 5) is 0. The van der Waals surface area contributed by atoms with Gasteiger partial charge < -0.3 is 0 Å². The summed E-state index contributed by atoms with van der Waals surface area (Å²) < 4.78 is 0. The molecule has 8 aromatic carbocycles. The third-order valence-electron chi connectivity index (χ3n) is 14.4. The van der Waals surface area contributed by atoms with E-state index in [2.05, 4.69) is 277 Å². The van der Waals surface area contributed by atoms with Crippen molar-refractivity contribution in [2.24, 2.45) is 0 Å². The smallest absolute Gasteiger partial charge is 0.0646 e. The molecule has 0 aliphatic carbocycles. The molecular formula is C66H70. The molecule has 334 valence electrons. The molecule has 8 aromatic rings. The lowest BCUT2D eigenvalue weighted by Gasteiger charge is -2.37. The van der Waals surface area contributed by atoms with E-state index >= 15 is 0 Å². The average Bonchev–Trinajstić information content (AvgIpc) is 3.32. The van der Waals surface area contributed by atoms with Crippen LogP contribution in [0.2, 0.25) is 0 Å². The van der Waals surface area contributed by atoms with Gasteiger partial charge in [-0.2, -0.15) is 0 Å². The first kappa shape index (κ1) is 46.3. The minimum atomic E-state index is -0.634. The van der Waals surface area contributed by atoms with Crippen LogP contribution in [0.4, 0.5) is 0 Å². The zero-order valence-electron chi connectivity index (χ0n) is 41.7. The second-order valence-electron chi connectivity index (χ2n) is 22.4. The Morgan fingerprint density at radius 1 is 0.212 bits per heavy atom. The molecule has 0 aliphatic heterocycles.